The molecule has 0 unspecified atom stereocenters. The fourth-order valence-electron chi connectivity index (χ4n) is 4.54. The van der Waals surface area contributed by atoms with E-state index in [-0.39, 0.29) is 30.0 Å². The summed E-state index contributed by atoms with van der Waals surface area (Å²) in [6.07, 6.45) is -0.433. The third kappa shape index (κ3) is 6.20. The molecule has 0 spiro atoms. The molecule has 5 rings (SSSR count). The van der Waals surface area contributed by atoms with Gasteiger partial charge in [-0.3, -0.25) is 9.36 Å². The van der Waals surface area contributed by atoms with Crippen molar-refractivity contribution in [3.63, 3.8) is 0 Å². The monoisotopic (exact) mass is 574 g/mol. The van der Waals surface area contributed by atoms with E-state index in [1.165, 1.54) is 17.0 Å². The van der Waals surface area contributed by atoms with Crippen LogP contribution < -0.4 is 20.8 Å². The fourth-order valence-corrected chi connectivity index (χ4v) is 6.59. The van der Waals surface area contributed by atoms with Gasteiger partial charge in [0.25, 0.3) is 5.91 Å². The van der Waals surface area contributed by atoms with Gasteiger partial charge >= 0.3 is 19.1 Å². The Morgan fingerprint density at radius 2 is 1.37 bits per heavy atom. The molecule has 0 saturated carbocycles. The van der Waals surface area contributed by atoms with E-state index in [1.807, 2.05) is 12.1 Å². The molecule has 0 radical (unpaired) electrons. The molecule has 41 heavy (non-hydrogen) atoms. The number of carbonyl (C=O) groups excluding carboxylic acids is 2. The van der Waals surface area contributed by atoms with Crippen LogP contribution in [0.2, 0.25) is 0 Å². The highest BCUT2D eigenvalue weighted by molar-refractivity contribution is 7.74. The average molecular weight is 575 g/mol. The maximum Gasteiger partial charge on any atom is 0.410 e. The lowest BCUT2D eigenvalue weighted by Crippen LogP contribution is -2.52. The molecule has 1 aliphatic heterocycles. The van der Waals surface area contributed by atoms with Crippen molar-refractivity contribution in [3.05, 3.63) is 101 Å². The van der Waals surface area contributed by atoms with E-state index in [0.29, 0.717) is 29.1 Å². The first-order valence-electron chi connectivity index (χ1n) is 13.3. The normalized spacial score (nSPS) is 14.1. The molecule has 3 aromatic carbocycles. The highest BCUT2D eigenvalue weighted by Gasteiger charge is 2.31. The molecular formula is C31H31N2O7P. The maximum absolute atomic E-state index is 14.2. The summed E-state index contributed by atoms with van der Waals surface area (Å²) < 4.78 is 31.3. The van der Waals surface area contributed by atoms with E-state index in [1.54, 1.807) is 86.3 Å². The summed E-state index contributed by atoms with van der Waals surface area (Å²) in [5.41, 5.74) is -1.30. The van der Waals surface area contributed by atoms with Crippen molar-refractivity contribution in [3.8, 4) is 5.75 Å². The van der Waals surface area contributed by atoms with Gasteiger partial charge in [-0.1, -0.05) is 36.4 Å². The van der Waals surface area contributed by atoms with Crippen LogP contribution in [0.15, 0.2) is 94.1 Å². The van der Waals surface area contributed by atoms with Gasteiger partial charge in [-0.25, -0.2) is 9.59 Å². The molecule has 212 valence electrons. The highest BCUT2D eigenvalue weighted by Crippen LogP contribution is 2.45. The summed E-state index contributed by atoms with van der Waals surface area (Å²) in [4.78, 5) is 41.5. The van der Waals surface area contributed by atoms with Crippen molar-refractivity contribution in [2.45, 2.75) is 26.4 Å². The van der Waals surface area contributed by atoms with Gasteiger partial charge in [-0.15, -0.1) is 0 Å². The third-order valence-corrected chi connectivity index (χ3v) is 9.01. The Bertz CT molecular complexity index is 1630. The van der Waals surface area contributed by atoms with Gasteiger partial charge in [0, 0.05) is 37.6 Å². The second kappa shape index (κ2) is 11.3. The number of hydrogen-bond donors (Lipinski definition) is 0. The Balaban J connectivity index is 1.36. The summed E-state index contributed by atoms with van der Waals surface area (Å²) in [6, 6.07) is 24.1. The Hall–Kier alpha value is -4.36. The van der Waals surface area contributed by atoms with Crippen molar-refractivity contribution in [2.75, 3.05) is 26.2 Å². The molecule has 2 heterocycles. The Morgan fingerprint density at radius 1 is 0.805 bits per heavy atom. The maximum atomic E-state index is 14.2. The SMILES string of the molecule is CC(C)(C)OC(=O)N1CCN(C(=O)c2cc3ccc(OP(=O)(c4ccccc4)c4ccccc4)cc3oc2=O)CC1. The molecule has 1 aliphatic rings. The van der Waals surface area contributed by atoms with Crippen LogP contribution in [0, 0.1) is 0 Å². The van der Waals surface area contributed by atoms with Gasteiger partial charge in [0.15, 0.2) is 0 Å². The number of fused-ring (bicyclic) bond motifs is 1. The Morgan fingerprint density at radius 3 is 1.93 bits per heavy atom. The number of carbonyl (C=O) groups is 2. The van der Waals surface area contributed by atoms with Crippen molar-refractivity contribution < 1.29 is 27.8 Å². The zero-order valence-electron chi connectivity index (χ0n) is 23.1. The van der Waals surface area contributed by atoms with Gasteiger partial charge in [0.1, 0.15) is 22.5 Å². The molecule has 0 N–H and O–H groups in total. The number of nitrogens with zero attached hydrogens (tertiary/aromatic N) is 2. The summed E-state index contributed by atoms with van der Waals surface area (Å²) in [6.45, 7) is 6.50. The first-order chi connectivity index (χ1) is 19.5. The first kappa shape index (κ1) is 28.2. The topological polar surface area (TPSA) is 106 Å². The molecule has 2 amide bonds. The van der Waals surface area contributed by atoms with Gasteiger partial charge in [-0.2, -0.15) is 0 Å². The fraction of sp³-hybridized carbons (Fsp3) is 0.258. The lowest BCUT2D eigenvalue weighted by molar-refractivity contribution is 0.0140. The van der Waals surface area contributed by atoms with E-state index in [9.17, 15) is 18.9 Å². The van der Waals surface area contributed by atoms with Gasteiger partial charge in [0.05, 0.1) is 10.6 Å². The van der Waals surface area contributed by atoms with Crippen LogP contribution in [0.3, 0.4) is 0 Å². The van der Waals surface area contributed by atoms with Crippen LogP contribution >= 0.6 is 7.37 Å². The lowest BCUT2D eigenvalue weighted by atomic mass is 10.1. The van der Waals surface area contributed by atoms with E-state index in [2.05, 4.69) is 0 Å². The molecule has 1 fully saturated rings. The smallest absolute Gasteiger partial charge is 0.410 e. The van der Waals surface area contributed by atoms with Crippen molar-refractivity contribution in [1.29, 1.82) is 0 Å². The molecule has 1 aromatic heterocycles. The number of hydrogen-bond acceptors (Lipinski definition) is 7. The van der Waals surface area contributed by atoms with Gasteiger partial charge in [-0.05, 0) is 63.2 Å². The molecule has 9 nitrogen and oxygen atoms in total. The van der Waals surface area contributed by atoms with Crippen LogP contribution in [0.5, 0.6) is 5.75 Å². The molecule has 1 saturated heterocycles. The quantitative estimate of drug-likeness (QED) is 0.249. The molecule has 10 heteroatoms. The molecule has 0 atom stereocenters. The molecule has 4 aromatic rings. The van der Waals surface area contributed by atoms with E-state index in [0.717, 1.165) is 0 Å². The number of rotatable bonds is 5. The molecule has 0 bridgehead atoms. The summed E-state index contributed by atoms with van der Waals surface area (Å²) in [5, 5.41) is 1.57. The van der Waals surface area contributed by atoms with Gasteiger partial charge < -0.3 is 23.5 Å². The number of benzene rings is 3. The Labute approximate surface area is 237 Å². The van der Waals surface area contributed by atoms with E-state index < -0.39 is 30.6 Å². The molecular weight excluding hydrogens is 543 g/mol. The minimum absolute atomic E-state index is 0.101. The van der Waals surface area contributed by atoms with Crippen LogP contribution in [0.1, 0.15) is 31.1 Å². The lowest BCUT2D eigenvalue weighted by Gasteiger charge is -2.35. The predicted molar refractivity (Wildman–Crippen MR) is 157 cm³/mol. The minimum Gasteiger partial charge on any atom is -0.444 e. The number of amides is 2. The summed E-state index contributed by atoms with van der Waals surface area (Å²) in [5.74, 6) is -0.212. The first-order valence-corrected chi connectivity index (χ1v) is 14.9. The third-order valence-electron chi connectivity index (χ3n) is 6.58. The standard InChI is InChI=1S/C31H31N2O7P/c1-31(2,3)39-30(36)33-18-16-32(17-19-33)28(34)26-20-22-14-15-23(21-27(22)38-29(26)35)40-41(37,24-10-6-4-7-11-24)25-12-8-5-9-13-25/h4-15,20-21H,16-19H2,1-3H3. The van der Waals surface area contributed by atoms with Crippen molar-refractivity contribution in [2.24, 2.45) is 0 Å². The Kier molecular flexibility index (Phi) is 7.74. The van der Waals surface area contributed by atoms with E-state index in [4.69, 9.17) is 13.7 Å². The van der Waals surface area contributed by atoms with Crippen LogP contribution in [0.4, 0.5) is 4.79 Å². The van der Waals surface area contributed by atoms with Crippen LogP contribution in [-0.2, 0) is 9.30 Å². The number of piperazine rings is 1. The number of ether oxygens (including phenoxy) is 1. The van der Waals surface area contributed by atoms with Gasteiger partial charge in [0.2, 0.25) is 0 Å². The summed E-state index contributed by atoms with van der Waals surface area (Å²) in [7, 11) is -3.52. The highest BCUT2D eigenvalue weighted by atomic mass is 31.2. The molecule has 0 aliphatic carbocycles. The largest absolute Gasteiger partial charge is 0.444 e. The van der Waals surface area contributed by atoms with Crippen molar-refractivity contribution >= 4 is 40.9 Å². The predicted octanol–water partition coefficient (Wildman–Crippen LogP) is 4.79. The van der Waals surface area contributed by atoms with Crippen LogP contribution in [0.25, 0.3) is 11.0 Å². The minimum atomic E-state index is -3.52. The van der Waals surface area contributed by atoms with Crippen molar-refractivity contribution in [1.82, 2.24) is 9.80 Å². The average Bonchev–Trinajstić information content (AvgIpc) is 2.96. The van der Waals surface area contributed by atoms with E-state index >= 15 is 0 Å². The second-order valence-electron chi connectivity index (χ2n) is 10.7. The second-order valence-corrected chi connectivity index (χ2v) is 13.0. The van der Waals surface area contributed by atoms with Crippen LogP contribution in [-0.4, -0.2) is 53.6 Å². The zero-order chi connectivity index (χ0) is 29.2. The summed E-state index contributed by atoms with van der Waals surface area (Å²) >= 11 is 0. The zero-order valence-corrected chi connectivity index (χ0v) is 24.0.